The number of anilines is 1. The van der Waals surface area contributed by atoms with Gasteiger partial charge in [0.15, 0.2) is 17.2 Å². The zero-order chi connectivity index (χ0) is 40.1. The van der Waals surface area contributed by atoms with Crippen LogP contribution in [0.2, 0.25) is 0 Å². The predicted octanol–water partition coefficient (Wildman–Crippen LogP) is 8.46. The molecule has 0 aliphatic carbocycles. The zero-order valence-corrected chi connectivity index (χ0v) is 33.6. The van der Waals surface area contributed by atoms with Gasteiger partial charge in [0.1, 0.15) is 29.8 Å². The van der Waals surface area contributed by atoms with Crippen molar-refractivity contribution in [1.29, 1.82) is 10.5 Å². The molecule has 1 aliphatic heterocycles. The summed E-state index contributed by atoms with van der Waals surface area (Å²) in [6.07, 6.45) is 18.4. The maximum Gasteiger partial charge on any atom is 0.330 e. The monoisotopic (exact) mass is 786 g/mol. The largest absolute Gasteiger partial charge is 0.382 e. The first kappa shape index (κ1) is 46.1. The Morgan fingerprint density at radius 1 is 1.02 bits per heavy atom. The summed E-state index contributed by atoms with van der Waals surface area (Å²) in [5.41, 5.74) is 6.88. The van der Waals surface area contributed by atoms with E-state index in [0.717, 1.165) is 25.0 Å². The van der Waals surface area contributed by atoms with Crippen molar-refractivity contribution in [1.82, 2.24) is 14.6 Å². The number of nitrogens with zero attached hydrogens (tertiary/aromatic N) is 5. The summed E-state index contributed by atoms with van der Waals surface area (Å²) in [6.45, 7) is 4.83. The third-order valence-corrected chi connectivity index (χ3v) is 9.92. The van der Waals surface area contributed by atoms with Crippen LogP contribution in [0, 0.1) is 28.5 Å². The van der Waals surface area contributed by atoms with Crippen LogP contribution in [0.4, 0.5) is 10.2 Å². The minimum absolute atomic E-state index is 0.0567. The third kappa shape index (κ3) is 17.6. The van der Waals surface area contributed by atoms with E-state index < -0.39 is 31.9 Å². The Kier molecular flexibility index (Phi) is 20.4. The summed E-state index contributed by atoms with van der Waals surface area (Å²) < 4.78 is 39.3. The van der Waals surface area contributed by atoms with Crippen molar-refractivity contribution >= 4 is 19.9 Å². The van der Waals surface area contributed by atoms with Crippen LogP contribution < -0.4 is 5.73 Å². The highest BCUT2D eigenvalue weighted by atomic mass is 31.2. The van der Waals surface area contributed by atoms with Gasteiger partial charge in [0.05, 0.1) is 43.3 Å². The molecule has 0 radical (unpaired) electrons. The van der Waals surface area contributed by atoms with Gasteiger partial charge in [-0.2, -0.15) is 15.6 Å². The number of nitrogens with two attached hydrogens (primary N) is 1. The Labute approximate surface area is 326 Å². The number of ether oxygens (including phenoxy) is 2. The molecule has 1 fully saturated rings. The van der Waals surface area contributed by atoms with Crippen molar-refractivity contribution in [2.75, 3.05) is 18.9 Å². The number of rotatable bonds is 24. The summed E-state index contributed by atoms with van der Waals surface area (Å²) in [4.78, 5) is 14.7. The Hall–Kier alpha value is -3.30. The molecule has 5 N–H and O–H groups in total. The maximum absolute atomic E-state index is 14.0. The van der Waals surface area contributed by atoms with E-state index in [4.69, 9.17) is 34.5 Å². The SMILES string of the molecule is CC(C)(O)O.CCCCCCCCCCCCCCCC(COP(O)OCC1(C#N)CCC(c2ccc3c(N)ncnn23)O1)OCc1cc(F)cc(C#N)c1. The lowest BCUT2D eigenvalue weighted by Gasteiger charge is -2.24. The molecule has 3 aromatic rings. The first-order chi connectivity index (χ1) is 26.4. The zero-order valence-electron chi connectivity index (χ0n) is 32.7. The van der Waals surface area contributed by atoms with Gasteiger partial charge >= 0.3 is 8.60 Å². The normalized spacial score (nSPS) is 18.0. The molecule has 4 atom stereocenters. The number of fused-ring (bicyclic) bond motifs is 1. The van der Waals surface area contributed by atoms with Crippen LogP contribution in [0.3, 0.4) is 0 Å². The summed E-state index contributed by atoms with van der Waals surface area (Å²) in [7, 11) is -2.33. The lowest BCUT2D eigenvalue weighted by atomic mass is 10.0. The van der Waals surface area contributed by atoms with Crippen molar-refractivity contribution in [3.05, 3.63) is 59.3 Å². The topological polar surface area (TPSA) is 201 Å². The van der Waals surface area contributed by atoms with E-state index in [1.54, 1.807) is 10.6 Å². The van der Waals surface area contributed by atoms with Crippen LogP contribution in [0.1, 0.15) is 146 Å². The van der Waals surface area contributed by atoms with Gasteiger partial charge in [0.2, 0.25) is 0 Å². The van der Waals surface area contributed by atoms with Gasteiger partial charge < -0.3 is 39.4 Å². The molecule has 2 aromatic heterocycles. The smallest absolute Gasteiger partial charge is 0.330 e. The molecule has 0 bridgehead atoms. The van der Waals surface area contributed by atoms with Gasteiger partial charge in [0.25, 0.3) is 0 Å². The minimum atomic E-state index is -2.33. The van der Waals surface area contributed by atoms with Crippen LogP contribution in [0.5, 0.6) is 0 Å². The van der Waals surface area contributed by atoms with Gasteiger partial charge in [0, 0.05) is 0 Å². The molecule has 0 amide bonds. The number of aromatic nitrogens is 3. The van der Waals surface area contributed by atoms with Gasteiger partial charge in [-0.25, -0.2) is 13.9 Å². The summed E-state index contributed by atoms with van der Waals surface area (Å²) in [5, 5.41) is 39.7. The molecular weight excluding hydrogens is 726 g/mol. The number of hydrogen-bond donors (Lipinski definition) is 4. The molecule has 1 aromatic carbocycles. The van der Waals surface area contributed by atoms with E-state index in [2.05, 4.69) is 23.1 Å². The maximum atomic E-state index is 14.0. The lowest BCUT2D eigenvalue weighted by molar-refractivity contribution is -0.127. The van der Waals surface area contributed by atoms with Crippen molar-refractivity contribution in [3.8, 4) is 12.1 Å². The number of nitrogen functional groups attached to an aromatic ring is 1. The Balaban J connectivity index is 0.00000152. The first-order valence-corrected chi connectivity index (χ1v) is 20.7. The molecule has 55 heavy (non-hydrogen) atoms. The molecule has 13 nitrogen and oxygen atoms in total. The predicted molar refractivity (Wildman–Crippen MR) is 208 cm³/mol. The van der Waals surface area contributed by atoms with Crippen molar-refractivity contribution < 1.29 is 38.0 Å². The fraction of sp³-hybridized carbons (Fsp3) is 0.650. The number of halogens is 1. The van der Waals surface area contributed by atoms with Crippen molar-refractivity contribution in [2.24, 2.45) is 0 Å². The lowest BCUT2D eigenvalue weighted by Crippen LogP contribution is -2.31. The molecule has 304 valence electrons. The number of aliphatic hydroxyl groups is 2. The Morgan fingerprint density at radius 2 is 1.65 bits per heavy atom. The minimum Gasteiger partial charge on any atom is -0.382 e. The molecule has 1 aliphatic rings. The number of unbranched alkanes of at least 4 members (excludes halogenated alkanes) is 12. The Bertz CT molecular complexity index is 1640. The van der Waals surface area contributed by atoms with E-state index in [1.165, 1.54) is 96.5 Å². The fourth-order valence-corrected chi connectivity index (χ4v) is 7.05. The molecule has 4 rings (SSSR count). The number of nitriles is 2. The highest BCUT2D eigenvalue weighted by Crippen LogP contribution is 2.43. The number of hydrogen-bond acceptors (Lipinski definition) is 12. The summed E-state index contributed by atoms with van der Waals surface area (Å²) in [5.74, 6) is -1.65. The average molecular weight is 787 g/mol. The van der Waals surface area contributed by atoms with Crippen LogP contribution in [0.15, 0.2) is 36.7 Å². The van der Waals surface area contributed by atoms with E-state index >= 15 is 0 Å². The van der Waals surface area contributed by atoms with Crippen LogP contribution >= 0.6 is 8.60 Å². The molecule has 15 heteroatoms. The molecule has 0 spiro atoms. The van der Waals surface area contributed by atoms with Crippen LogP contribution in [-0.4, -0.2) is 60.4 Å². The van der Waals surface area contributed by atoms with Gasteiger partial charge in [-0.3, -0.25) is 0 Å². The third-order valence-electron chi connectivity index (χ3n) is 9.20. The second kappa shape index (κ2) is 24.4. The first-order valence-electron chi connectivity index (χ1n) is 19.5. The van der Waals surface area contributed by atoms with Crippen LogP contribution in [0.25, 0.3) is 5.52 Å². The van der Waals surface area contributed by atoms with Gasteiger partial charge in [-0.15, -0.1) is 0 Å². The highest BCUT2D eigenvalue weighted by molar-refractivity contribution is 7.40. The van der Waals surface area contributed by atoms with Gasteiger partial charge in [-0.1, -0.05) is 90.4 Å². The standard InChI is InChI=1S/C37H52FN6O5P.C3H8O2/c1-2-3-4-5-6-7-8-9-10-11-12-13-14-15-32(46-24-30-20-29(23-39)21-31(38)22-30)25-47-50(45)48-27-37(26-40)19-18-35(49-37)33-16-17-34-36(41)42-28-43-44(33)34;1-3(2,4)5/h16-17,20-22,28,32,35,45H,2-15,18-19,24-25,27H2,1H3,(H2,41,42,43);4-5H,1-2H3. The van der Waals surface area contributed by atoms with E-state index in [0.29, 0.717) is 36.2 Å². The molecule has 3 heterocycles. The van der Waals surface area contributed by atoms with Crippen LogP contribution in [-0.2, 0) is 25.1 Å². The average Bonchev–Trinajstić information content (AvgIpc) is 3.78. The van der Waals surface area contributed by atoms with E-state index in [1.807, 2.05) is 18.2 Å². The quantitative estimate of drug-likeness (QED) is 0.0384. The summed E-state index contributed by atoms with van der Waals surface area (Å²) in [6, 6.07) is 12.0. The van der Waals surface area contributed by atoms with Crippen molar-refractivity contribution in [3.63, 3.8) is 0 Å². The number of benzene rings is 1. The van der Waals surface area contributed by atoms with E-state index in [9.17, 15) is 19.8 Å². The fourth-order valence-electron chi connectivity index (χ4n) is 6.36. The molecular formula is C40H60FN6O7P. The molecule has 0 saturated carbocycles. The second-order valence-electron chi connectivity index (χ2n) is 14.7. The van der Waals surface area contributed by atoms with E-state index in [-0.39, 0.29) is 31.5 Å². The van der Waals surface area contributed by atoms with Crippen molar-refractivity contribution in [2.45, 2.75) is 154 Å². The second-order valence-corrected chi connectivity index (χ2v) is 15.7. The summed E-state index contributed by atoms with van der Waals surface area (Å²) >= 11 is 0. The Morgan fingerprint density at radius 3 is 2.27 bits per heavy atom. The molecule has 4 unspecified atom stereocenters. The van der Waals surface area contributed by atoms with Gasteiger partial charge in [-0.05, 0) is 69.0 Å². The molecule has 1 saturated heterocycles. The highest BCUT2D eigenvalue weighted by Gasteiger charge is 2.43.